The molecule has 0 aliphatic carbocycles. The van der Waals surface area contributed by atoms with Gasteiger partial charge in [0.2, 0.25) is 27.7 Å². The molecular formula is C18H19N5O5S2. The molecular weight excluding hydrogens is 430 g/mol. The van der Waals surface area contributed by atoms with E-state index in [1.54, 1.807) is 0 Å². The van der Waals surface area contributed by atoms with Crippen molar-refractivity contribution in [2.24, 2.45) is 0 Å². The summed E-state index contributed by atoms with van der Waals surface area (Å²) in [7, 11) is -0.879. The molecule has 10 nitrogen and oxygen atoms in total. The fraction of sp³-hybridized carbons (Fsp3) is 0.222. The molecule has 1 aromatic carbocycles. The van der Waals surface area contributed by atoms with E-state index in [0.29, 0.717) is 11.8 Å². The molecule has 0 radical (unpaired) electrons. The predicted molar refractivity (Wildman–Crippen MR) is 109 cm³/mol. The number of sulfonamides is 1. The summed E-state index contributed by atoms with van der Waals surface area (Å²) < 4.78 is 30.9. The highest BCUT2D eigenvalue weighted by molar-refractivity contribution is 7.89. The van der Waals surface area contributed by atoms with Crippen LogP contribution in [0.2, 0.25) is 0 Å². The molecule has 2 N–H and O–H groups in total. The fourth-order valence-electron chi connectivity index (χ4n) is 2.35. The van der Waals surface area contributed by atoms with Gasteiger partial charge in [0.25, 0.3) is 5.91 Å². The van der Waals surface area contributed by atoms with Crippen molar-refractivity contribution in [3.63, 3.8) is 0 Å². The molecule has 30 heavy (non-hydrogen) atoms. The van der Waals surface area contributed by atoms with E-state index in [4.69, 9.17) is 4.42 Å². The second-order valence-corrected chi connectivity index (χ2v) is 9.26. The third-order valence-electron chi connectivity index (χ3n) is 3.99. The number of aromatic nitrogens is 2. The van der Waals surface area contributed by atoms with Crippen LogP contribution in [0.5, 0.6) is 0 Å². The van der Waals surface area contributed by atoms with E-state index in [1.165, 1.54) is 49.7 Å². The van der Waals surface area contributed by atoms with E-state index < -0.39 is 21.8 Å². The van der Waals surface area contributed by atoms with Crippen LogP contribution in [0, 0.1) is 0 Å². The van der Waals surface area contributed by atoms with Crippen molar-refractivity contribution in [1.29, 1.82) is 0 Å². The van der Waals surface area contributed by atoms with Crippen LogP contribution in [0.3, 0.4) is 0 Å². The Bertz CT molecular complexity index is 1140. The summed E-state index contributed by atoms with van der Waals surface area (Å²) in [5, 5.41) is 11.6. The molecule has 0 saturated carbocycles. The average molecular weight is 450 g/mol. The van der Waals surface area contributed by atoms with Gasteiger partial charge in [0.05, 0.1) is 4.90 Å². The monoisotopic (exact) mass is 449 g/mol. The van der Waals surface area contributed by atoms with Gasteiger partial charge in [-0.2, -0.15) is 11.3 Å². The number of thiophene rings is 1. The van der Waals surface area contributed by atoms with Crippen LogP contribution in [0.25, 0.3) is 11.5 Å². The second-order valence-electron chi connectivity index (χ2n) is 6.33. The summed E-state index contributed by atoms with van der Waals surface area (Å²) in [6.07, 6.45) is 0.218. The Hall–Kier alpha value is -3.09. The summed E-state index contributed by atoms with van der Waals surface area (Å²) in [5.41, 5.74) is 5.45. The van der Waals surface area contributed by atoms with Gasteiger partial charge < -0.3 is 4.42 Å². The number of benzene rings is 1. The molecule has 0 saturated heterocycles. The summed E-state index contributed by atoms with van der Waals surface area (Å²) in [6.45, 7) is 0. The van der Waals surface area contributed by atoms with Crippen LogP contribution >= 0.6 is 11.3 Å². The van der Waals surface area contributed by atoms with Gasteiger partial charge in [-0.1, -0.05) is 6.07 Å². The van der Waals surface area contributed by atoms with Crippen LogP contribution < -0.4 is 10.9 Å². The maximum atomic E-state index is 12.2. The van der Waals surface area contributed by atoms with E-state index in [2.05, 4.69) is 21.0 Å². The van der Waals surface area contributed by atoms with E-state index >= 15 is 0 Å². The molecule has 0 aliphatic heterocycles. The first-order valence-corrected chi connectivity index (χ1v) is 11.1. The Labute approximate surface area is 176 Å². The summed E-state index contributed by atoms with van der Waals surface area (Å²) in [6, 6.07) is 7.37. The quantitative estimate of drug-likeness (QED) is 0.521. The number of hydrogen-bond acceptors (Lipinski definition) is 8. The van der Waals surface area contributed by atoms with Crippen LogP contribution in [0.1, 0.15) is 22.7 Å². The molecule has 0 fully saturated rings. The number of rotatable bonds is 7. The highest BCUT2D eigenvalue weighted by atomic mass is 32.2. The largest absolute Gasteiger partial charge is 0.421 e. The molecule has 0 unspecified atom stereocenters. The van der Waals surface area contributed by atoms with E-state index in [0.717, 1.165) is 9.87 Å². The number of carbonyl (C=O) groups is 2. The first kappa shape index (κ1) is 21.6. The normalized spacial score (nSPS) is 11.4. The van der Waals surface area contributed by atoms with Crippen molar-refractivity contribution in [2.75, 3.05) is 14.1 Å². The molecule has 2 aromatic heterocycles. The van der Waals surface area contributed by atoms with Gasteiger partial charge in [-0.15, -0.1) is 10.2 Å². The SMILES string of the molecule is CN(C)S(=O)(=O)c1cccc(C(=O)NNC(=O)CCc2nnc(-c3ccsc3)o2)c1. The Morgan fingerprint density at radius 2 is 1.97 bits per heavy atom. The minimum atomic E-state index is -3.67. The van der Waals surface area contributed by atoms with Crippen molar-refractivity contribution in [3.8, 4) is 11.5 Å². The van der Waals surface area contributed by atoms with Crippen molar-refractivity contribution in [3.05, 3.63) is 52.5 Å². The maximum absolute atomic E-state index is 12.2. The Morgan fingerprint density at radius 1 is 1.17 bits per heavy atom. The highest BCUT2D eigenvalue weighted by Crippen LogP contribution is 2.20. The van der Waals surface area contributed by atoms with Crippen molar-refractivity contribution < 1.29 is 22.4 Å². The van der Waals surface area contributed by atoms with Crippen LogP contribution in [0.4, 0.5) is 0 Å². The fourth-order valence-corrected chi connectivity index (χ4v) is 3.93. The van der Waals surface area contributed by atoms with Gasteiger partial charge in [-0.25, -0.2) is 12.7 Å². The van der Waals surface area contributed by atoms with E-state index in [1.807, 2.05) is 16.8 Å². The molecule has 12 heteroatoms. The predicted octanol–water partition coefficient (Wildman–Crippen LogP) is 1.44. The minimum Gasteiger partial charge on any atom is -0.421 e. The standard InChI is InChI=1S/C18H19N5O5S2/c1-23(2)30(26,27)14-5-3-4-12(10-14)17(25)21-19-15(24)6-7-16-20-22-18(28-16)13-8-9-29-11-13/h3-5,8-11H,6-7H2,1-2H3,(H,19,24)(H,21,25). The van der Waals surface area contributed by atoms with Gasteiger partial charge in [0, 0.05) is 43.4 Å². The van der Waals surface area contributed by atoms with Crippen LogP contribution in [0.15, 0.2) is 50.4 Å². The Kier molecular flexibility index (Phi) is 6.59. The topological polar surface area (TPSA) is 134 Å². The van der Waals surface area contributed by atoms with E-state index in [-0.39, 0.29) is 23.3 Å². The molecule has 0 spiro atoms. The molecule has 3 aromatic rings. The van der Waals surface area contributed by atoms with E-state index in [9.17, 15) is 18.0 Å². The van der Waals surface area contributed by atoms with Gasteiger partial charge in [-0.05, 0) is 29.6 Å². The minimum absolute atomic E-state index is 0.0145. The smallest absolute Gasteiger partial charge is 0.269 e. The first-order valence-electron chi connectivity index (χ1n) is 8.74. The van der Waals surface area contributed by atoms with Gasteiger partial charge >= 0.3 is 0 Å². The number of aryl methyl sites for hydroxylation is 1. The Balaban J connectivity index is 1.52. The lowest BCUT2D eigenvalue weighted by molar-refractivity contribution is -0.121. The molecule has 2 heterocycles. The molecule has 0 bridgehead atoms. The zero-order valence-electron chi connectivity index (χ0n) is 16.2. The summed E-state index contributed by atoms with van der Waals surface area (Å²) in [4.78, 5) is 24.2. The van der Waals surface area contributed by atoms with Crippen LogP contribution in [-0.2, 0) is 21.2 Å². The summed E-state index contributed by atoms with van der Waals surface area (Å²) >= 11 is 1.50. The molecule has 0 aliphatic rings. The molecule has 0 atom stereocenters. The number of amides is 2. The van der Waals surface area contributed by atoms with Gasteiger partial charge in [0.15, 0.2) is 0 Å². The molecule has 158 valence electrons. The number of nitrogens with one attached hydrogen (secondary N) is 2. The van der Waals surface area contributed by atoms with Gasteiger partial charge in [0.1, 0.15) is 0 Å². The molecule has 2 amide bonds. The average Bonchev–Trinajstić information content (AvgIpc) is 3.42. The third kappa shape index (κ3) is 5.09. The third-order valence-corrected chi connectivity index (χ3v) is 6.49. The highest BCUT2D eigenvalue weighted by Gasteiger charge is 2.19. The number of hydrogen-bond donors (Lipinski definition) is 2. The lowest BCUT2D eigenvalue weighted by Gasteiger charge is -2.12. The maximum Gasteiger partial charge on any atom is 0.269 e. The zero-order valence-corrected chi connectivity index (χ0v) is 17.8. The number of hydrazine groups is 1. The van der Waals surface area contributed by atoms with Crippen LogP contribution in [-0.4, -0.2) is 48.8 Å². The zero-order chi connectivity index (χ0) is 21.7. The van der Waals surface area contributed by atoms with Crippen molar-refractivity contribution in [2.45, 2.75) is 17.7 Å². The number of carbonyl (C=O) groups excluding carboxylic acids is 2. The first-order chi connectivity index (χ1) is 14.3. The lowest BCUT2D eigenvalue weighted by Crippen LogP contribution is -2.41. The summed E-state index contributed by atoms with van der Waals surface area (Å²) in [5.74, 6) is -0.417. The lowest BCUT2D eigenvalue weighted by atomic mass is 10.2. The van der Waals surface area contributed by atoms with Crippen molar-refractivity contribution >= 4 is 33.2 Å². The number of nitrogens with zero attached hydrogens (tertiary/aromatic N) is 3. The van der Waals surface area contributed by atoms with Gasteiger partial charge in [-0.3, -0.25) is 20.4 Å². The second kappa shape index (κ2) is 9.15. The van der Waals surface area contributed by atoms with Crippen molar-refractivity contribution in [1.82, 2.24) is 25.4 Å². The molecule has 3 rings (SSSR count). The Morgan fingerprint density at radius 3 is 2.67 bits per heavy atom.